The van der Waals surface area contributed by atoms with Gasteiger partial charge in [-0.3, -0.25) is 9.48 Å². The maximum absolute atomic E-state index is 12.1. The first-order valence-electron chi connectivity index (χ1n) is 5.77. The summed E-state index contributed by atoms with van der Waals surface area (Å²) in [5, 5.41) is 16.0. The van der Waals surface area contributed by atoms with Crippen molar-refractivity contribution in [1.82, 2.24) is 15.1 Å². The van der Waals surface area contributed by atoms with Crippen molar-refractivity contribution in [3.8, 4) is 0 Å². The highest BCUT2D eigenvalue weighted by Gasteiger charge is 2.21. The van der Waals surface area contributed by atoms with Gasteiger partial charge in [0.1, 0.15) is 11.3 Å². The molecule has 104 valence electrons. The average Bonchev–Trinajstić information content (AvgIpc) is 2.79. The Kier molecular flexibility index (Phi) is 4.05. The van der Waals surface area contributed by atoms with Gasteiger partial charge in [0.2, 0.25) is 0 Å². The molecule has 1 aromatic carbocycles. The molecule has 0 saturated heterocycles. The van der Waals surface area contributed by atoms with Crippen LogP contribution in [0.5, 0.6) is 0 Å². The number of carboxylic acid groups (broad SMARTS) is 1. The minimum Gasteiger partial charge on any atom is -0.478 e. The molecule has 0 aliphatic rings. The van der Waals surface area contributed by atoms with E-state index in [0.29, 0.717) is 5.02 Å². The van der Waals surface area contributed by atoms with Crippen LogP contribution in [0.4, 0.5) is 0 Å². The van der Waals surface area contributed by atoms with Gasteiger partial charge in [0.05, 0.1) is 6.20 Å². The Hall–Kier alpha value is -2.34. The number of benzene rings is 1. The van der Waals surface area contributed by atoms with Crippen LogP contribution in [0.15, 0.2) is 30.5 Å². The second-order valence-electron chi connectivity index (χ2n) is 4.11. The highest BCUT2D eigenvalue weighted by molar-refractivity contribution is 6.31. The Labute approximate surface area is 120 Å². The van der Waals surface area contributed by atoms with E-state index in [1.807, 2.05) is 0 Å². The molecule has 6 nitrogen and oxygen atoms in total. The standard InChI is InChI=1S/C13H12ClN3O3/c1-17-11(9(7-16-17)13(19)20)12(18)15-6-8-4-2-3-5-10(8)14/h2-5,7H,6H2,1H3,(H,15,18)(H,19,20). The smallest absolute Gasteiger partial charge is 0.339 e. The zero-order chi connectivity index (χ0) is 14.7. The molecule has 7 heteroatoms. The first-order chi connectivity index (χ1) is 9.50. The van der Waals surface area contributed by atoms with Crippen LogP contribution < -0.4 is 5.32 Å². The molecule has 0 saturated carbocycles. The Morgan fingerprint density at radius 2 is 2.10 bits per heavy atom. The average molecular weight is 294 g/mol. The Bertz CT molecular complexity index is 667. The molecule has 0 aliphatic heterocycles. The van der Waals surface area contributed by atoms with Crippen molar-refractivity contribution < 1.29 is 14.7 Å². The van der Waals surface area contributed by atoms with Crippen LogP contribution in [0.1, 0.15) is 26.4 Å². The Morgan fingerprint density at radius 3 is 2.75 bits per heavy atom. The first kappa shape index (κ1) is 14.1. The summed E-state index contributed by atoms with van der Waals surface area (Å²) in [7, 11) is 1.51. The molecule has 0 spiro atoms. The van der Waals surface area contributed by atoms with E-state index in [4.69, 9.17) is 16.7 Å². The van der Waals surface area contributed by atoms with Crippen LogP contribution in [-0.4, -0.2) is 26.8 Å². The van der Waals surface area contributed by atoms with E-state index in [-0.39, 0.29) is 17.8 Å². The summed E-state index contributed by atoms with van der Waals surface area (Å²) >= 11 is 5.98. The third kappa shape index (κ3) is 2.80. The monoisotopic (exact) mass is 293 g/mol. The van der Waals surface area contributed by atoms with Gasteiger partial charge in [-0.2, -0.15) is 5.10 Å². The summed E-state index contributed by atoms with van der Waals surface area (Å²) in [6, 6.07) is 7.09. The van der Waals surface area contributed by atoms with Crippen molar-refractivity contribution in [1.29, 1.82) is 0 Å². The molecule has 2 rings (SSSR count). The second kappa shape index (κ2) is 5.75. The highest BCUT2D eigenvalue weighted by atomic mass is 35.5. The minimum absolute atomic E-state index is 0.00422. The van der Waals surface area contributed by atoms with Crippen LogP contribution in [0, 0.1) is 0 Å². The van der Waals surface area contributed by atoms with E-state index in [2.05, 4.69) is 10.4 Å². The summed E-state index contributed by atoms with van der Waals surface area (Å²) in [6.45, 7) is 0.211. The van der Waals surface area contributed by atoms with Crippen molar-refractivity contribution in [2.75, 3.05) is 0 Å². The molecule has 0 radical (unpaired) electrons. The third-order valence-electron chi connectivity index (χ3n) is 2.78. The van der Waals surface area contributed by atoms with Gasteiger partial charge in [-0.1, -0.05) is 29.8 Å². The summed E-state index contributed by atoms with van der Waals surface area (Å²) in [5.74, 6) is -1.71. The number of nitrogens with zero attached hydrogens (tertiary/aromatic N) is 2. The van der Waals surface area contributed by atoms with E-state index in [1.54, 1.807) is 24.3 Å². The lowest BCUT2D eigenvalue weighted by molar-refractivity contribution is 0.0690. The van der Waals surface area contributed by atoms with Crippen molar-refractivity contribution in [2.45, 2.75) is 6.54 Å². The summed E-state index contributed by atoms with van der Waals surface area (Å²) in [4.78, 5) is 23.1. The normalized spacial score (nSPS) is 10.3. The van der Waals surface area contributed by atoms with Crippen LogP contribution in [-0.2, 0) is 13.6 Å². The van der Waals surface area contributed by atoms with Crippen LogP contribution in [0.2, 0.25) is 5.02 Å². The zero-order valence-electron chi connectivity index (χ0n) is 10.6. The summed E-state index contributed by atoms with van der Waals surface area (Å²) in [5.41, 5.74) is 0.621. The number of hydrogen-bond donors (Lipinski definition) is 2. The van der Waals surface area contributed by atoms with Gasteiger partial charge in [0, 0.05) is 18.6 Å². The fraction of sp³-hybridized carbons (Fsp3) is 0.154. The fourth-order valence-electron chi connectivity index (χ4n) is 1.76. The number of amides is 1. The van der Waals surface area contributed by atoms with Gasteiger partial charge in [-0.25, -0.2) is 4.79 Å². The summed E-state index contributed by atoms with van der Waals surface area (Å²) < 4.78 is 1.23. The van der Waals surface area contributed by atoms with E-state index in [1.165, 1.54) is 11.7 Å². The molecular weight excluding hydrogens is 282 g/mol. The van der Waals surface area contributed by atoms with Gasteiger partial charge in [-0.15, -0.1) is 0 Å². The molecule has 0 bridgehead atoms. The number of carbonyl (C=O) groups excluding carboxylic acids is 1. The molecule has 0 atom stereocenters. The highest BCUT2D eigenvalue weighted by Crippen LogP contribution is 2.15. The van der Waals surface area contributed by atoms with E-state index in [9.17, 15) is 9.59 Å². The Morgan fingerprint density at radius 1 is 1.40 bits per heavy atom. The quantitative estimate of drug-likeness (QED) is 0.898. The van der Waals surface area contributed by atoms with Crippen LogP contribution >= 0.6 is 11.6 Å². The maximum atomic E-state index is 12.1. The molecule has 1 amide bonds. The number of halogens is 1. The number of nitrogens with one attached hydrogen (secondary N) is 1. The van der Waals surface area contributed by atoms with Crippen LogP contribution in [0.25, 0.3) is 0 Å². The molecule has 20 heavy (non-hydrogen) atoms. The van der Waals surface area contributed by atoms with Crippen molar-refractivity contribution in [3.05, 3.63) is 52.3 Å². The number of aryl methyl sites for hydroxylation is 1. The number of hydrogen-bond acceptors (Lipinski definition) is 3. The van der Waals surface area contributed by atoms with Crippen molar-refractivity contribution in [2.24, 2.45) is 7.05 Å². The lowest BCUT2D eigenvalue weighted by Crippen LogP contribution is -2.27. The SMILES string of the molecule is Cn1ncc(C(=O)O)c1C(=O)NCc1ccccc1Cl. The first-order valence-corrected chi connectivity index (χ1v) is 6.15. The van der Waals surface area contributed by atoms with Crippen molar-refractivity contribution in [3.63, 3.8) is 0 Å². The number of carboxylic acids is 1. The number of rotatable bonds is 4. The van der Waals surface area contributed by atoms with Gasteiger partial charge < -0.3 is 10.4 Å². The molecular formula is C13H12ClN3O3. The van der Waals surface area contributed by atoms with Gasteiger partial charge >= 0.3 is 5.97 Å². The molecule has 2 aromatic rings. The number of aromatic carboxylic acids is 1. The van der Waals surface area contributed by atoms with Gasteiger partial charge in [0.25, 0.3) is 5.91 Å². The molecule has 0 fully saturated rings. The lowest BCUT2D eigenvalue weighted by atomic mass is 10.2. The predicted molar refractivity (Wildman–Crippen MR) is 72.8 cm³/mol. The molecule has 1 heterocycles. The van der Waals surface area contributed by atoms with E-state index < -0.39 is 11.9 Å². The summed E-state index contributed by atoms with van der Waals surface area (Å²) in [6.07, 6.45) is 1.15. The molecule has 1 aromatic heterocycles. The topological polar surface area (TPSA) is 84.2 Å². The molecule has 2 N–H and O–H groups in total. The second-order valence-corrected chi connectivity index (χ2v) is 4.52. The lowest BCUT2D eigenvalue weighted by Gasteiger charge is -2.07. The van der Waals surface area contributed by atoms with Crippen molar-refractivity contribution >= 4 is 23.5 Å². The molecule has 0 aliphatic carbocycles. The third-order valence-corrected chi connectivity index (χ3v) is 3.15. The van der Waals surface area contributed by atoms with E-state index in [0.717, 1.165) is 11.8 Å². The minimum atomic E-state index is -1.19. The van der Waals surface area contributed by atoms with Crippen LogP contribution in [0.3, 0.4) is 0 Å². The van der Waals surface area contributed by atoms with E-state index >= 15 is 0 Å². The molecule has 0 unspecified atom stereocenters. The largest absolute Gasteiger partial charge is 0.478 e. The number of aromatic nitrogens is 2. The fourth-order valence-corrected chi connectivity index (χ4v) is 1.97. The maximum Gasteiger partial charge on any atom is 0.339 e. The predicted octanol–water partition coefficient (Wildman–Crippen LogP) is 1.70. The van der Waals surface area contributed by atoms with Gasteiger partial charge in [0.15, 0.2) is 0 Å². The zero-order valence-corrected chi connectivity index (χ0v) is 11.4. The van der Waals surface area contributed by atoms with Gasteiger partial charge in [-0.05, 0) is 11.6 Å². The Balaban J connectivity index is 2.16. The number of carbonyl (C=O) groups is 2.